The van der Waals surface area contributed by atoms with E-state index in [2.05, 4.69) is 17.1 Å². The number of hydrogen-bond acceptors (Lipinski definition) is 2. The van der Waals surface area contributed by atoms with Crippen LogP contribution < -0.4 is 5.32 Å². The average Bonchev–Trinajstić information content (AvgIpc) is 2.86. The van der Waals surface area contributed by atoms with Crippen molar-refractivity contribution in [1.82, 2.24) is 5.32 Å². The zero-order chi connectivity index (χ0) is 9.64. The van der Waals surface area contributed by atoms with E-state index in [9.17, 15) is 0 Å². The Bertz CT molecular complexity index is 130. The monoisotopic (exact) mass is 213 g/mol. The van der Waals surface area contributed by atoms with E-state index < -0.39 is 0 Å². The molecule has 1 aliphatic carbocycles. The number of rotatable bonds is 5. The Kier molecular flexibility index (Phi) is 4.65. The predicted octanol–water partition coefficient (Wildman–Crippen LogP) is 3.19. The fourth-order valence-electron chi connectivity index (χ4n) is 2.64. The molecule has 1 heterocycles. The molecule has 0 radical (unpaired) electrons. The molecular weight excluding hydrogens is 190 g/mol. The van der Waals surface area contributed by atoms with E-state index in [1.807, 2.05) is 0 Å². The van der Waals surface area contributed by atoms with Gasteiger partial charge in [0.05, 0.1) is 0 Å². The molecule has 2 fully saturated rings. The van der Waals surface area contributed by atoms with Gasteiger partial charge in [0.1, 0.15) is 0 Å². The highest BCUT2D eigenvalue weighted by Crippen LogP contribution is 2.30. The Morgan fingerprint density at radius 2 is 1.93 bits per heavy atom. The standard InChI is InChI=1S/C12H23NS/c1-2-8-12(7-1)14-10-4-6-11-5-3-9-13-11/h11-13H,1-10H2. The summed E-state index contributed by atoms with van der Waals surface area (Å²) in [4.78, 5) is 0. The first kappa shape index (κ1) is 10.8. The van der Waals surface area contributed by atoms with Gasteiger partial charge in [-0.05, 0) is 50.8 Å². The van der Waals surface area contributed by atoms with Gasteiger partial charge < -0.3 is 5.32 Å². The first-order chi connectivity index (χ1) is 6.95. The second-order valence-corrected chi connectivity index (χ2v) is 6.12. The van der Waals surface area contributed by atoms with Crippen LogP contribution in [0.25, 0.3) is 0 Å². The Hall–Kier alpha value is 0.310. The van der Waals surface area contributed by atoms with Gasteiger partial charge in [0, 0.05) is 11.3 Å². The van der Waals surface area contributed by atoms with E-state index in [0.717, 1.165) is 11.3 Å². The topological polar surface area (TPSA) is 12.0 Å². The van der Waals surface area contributed by atoms with E-state index in [0.29, 0.717) is 0 Å². The van der Waals surface area contributed by atoms with Crippen LogP contribution in [0.4, 0.5) is 0 Å². The molecule has 0 aromatic carbocycles. The third-order valence-corrected chi connectivity index (χ3v) is 4.98. The molecule has 0 amide bonds. The molecule has 1 saturated heterocycles. The molecule has 0 aromatic heterocycles. The minimum absolute atomic E-state index is 0.860. The van der Waals surface area contributed by atoms with Gasteiger partial charge in [-0.2, -0.15) is 11.8 Å². The van der Waals surface area contributed by atoms with Gasteiger partial charge in [-0.25, -0.2) is 0 Å². The second-order valence-electron chi connectivity index (χ2n) is 4.71. The Labute approximate surface area is 92.4 Å². The average molecular weight is 213 g/mol. The van der Waals surface area contributed by atoms with Crippen molar-refractivity contribution in [3.8, 4) is 0 Å². The highest BCUT2D eigenvalue weighted by Gasteiger charge is 2.16. The molecule has 0 bridgehead atoms. The first-order valence-corrected chi connectivity index (χ1v) is 7.35. The summed E-state index contributed by atoms with van der Waals surface area (Å²) in [6, 6.07) is 0.860. The lowest BCUT2D eigenvalue weighted by atomic mass is 10.1. The van der Waals surface area contributed by atoms with Crippen LogP contribution in [-0.4, -0.2) is 23.6 Å². The van der Waals surface area contributed by atoms with Crippen LogP contribution in [0, 0.1) is 0 Å². The van der Waals surface area contributed by atoms with Gasteiger partial charge in [-0.3, -0.25) is 0 Å². The molecule has 0 aromatic rings. The van der Waals surface area contributed by atoms with Crippen molar-refractivity contribution in [1.29, 1.82) is 0 Å². The van der Waals surface area contributed by atoms with Crippen LogP contribution in [0.5, 0.6) is 0 Å². The molecule has 1 saturated carbocycles. The van der Waals surface area contributed by atoms with E-state index in [-0.39, 0.29) is 0 Å². The van der Waals surface area contributed by atoms with Crippen LogP contribution in [0.3, 0.4) is 0 Å². The molecule has 82 valence electrons. The summed E-state index contributed by atoms with van der Waals surface area (Å²) in [6.45, 7) is 1.26. The van der Waals surface area contributed by atoms with E-state index in [4.69, 9.17) is 0 Å². The molecule has 1 N–H and O–H groups in total. The predicted molar refractivity (Wildman–Crippen MR) is 65.0 cm³/mol. The second kappa shape index (κ2) is 6.02. The van der Waals surface area contributed by atoms with Crippen molar-refractivity contribution in [3.63, 3.8) is 0 Å². The third-order valence-electron chi connectivity index (χ3n) is 3.52. The SMILES string of the molecule is C1CNC(CCCSC2CCCC2)C1. The summed E-state index contributed by atoms with van der Waals surface area (Å²) in [5.74, 6) is 1.41. The van der Waals surface area contributed by atoms with Gasteiger partial charge in [0.15, 0.2) is 0 Å². The summed E-state index contributed by atoms with van der Waals surface area (Å²) in [7, 11) is 0. The molecular formula is C12H23NS. The third kappa shape index (κ3) is 3.47. The largest absolute Gasteiger partial charge is 0.314 e. The summed E-state index contributed by atoms with van der Waals surface area (Å²) in [5, 5.41) is 4.60. The maximum Gasteiger partial charge on any atom is 0.00678 e. The van der Waals surface area contributed by atoms with Crippen molar-refractivity contribution in [2.45, 2.75) is 62.7 Å². The number of nitrogens with one attached hydrogen (secondary N) is 1. The van der Waals surface area contributed by atoms with Crippen molar-refractivity contribution < 1.29 is 0 Å². The zero-order valence-corrected chi connectivity index (χ0v) is 9.95. The van der Waals surface area contributed by atoms with Crippen LogP contribution in [0.2, 0.25) is 0 Å². The molecule has 1 atom stereocenters. The lowest BCUT2D eigenvalue weighted by Crippen LogP contribution is -2.21. The van der Waals surface area contributed by atoms with Crippen LogP contribution in [0.1, 0.15) is 51.4 Å². The van der Waals surface area contributed by atoms with E-state index in [1.54, 1.807) is 0 Å². The molecule has 2 heteroatoms. The van der Waals surface area contributed by atoms with Gasteiger partial charge in [-0.1, -0.05) is 12.8 Å². The van der Waals surface area contributed by atoms with Crippen LogP contribution >= 0.6 is 11.8 Å². The Balaban J connectivity index is 1.46. The first-order valence-electron chi connectivity index (χ1n) is 6.30. The van der Waals surface area contributed by atoms with Crippen molar-refractivity contribution >= 4 is 11.8 Å². The van der Waals surface area contributed by atoms with Crippen molar-refractivity contribution in [3.05, 3.63) is 0 Å². The fraction of sp³-hybridized carbons (Fsp3) is 1.00. The van der Waals surface area contributed by atoms with Crippen LogP contribution in [0.15, 0.2) is 0 Å². The molecule has 1 nitrogen and oxygen atoms in total. The van der Waals surface area contributed by atoms with E-state index in [1.165, 1.54) is 63.7 Å². The highest BCUT2D eigenvalue weighted by molar-refractivity contribution is 7.99. The van der Waals surface area contributed by atoms with Crippen molar-refractivity contribution in [2.75, 3.05) is 12.3 Å². The molecule has 1 unspecified atom stereocenters. The van der Waals surface area contributed by atoms with Gasteiger partial charge in [-0.15, -0.1) is 0 Å². The van der Waals surface area contributed by atoms with Gasteiger partial charge >= 0.3 is 0 Å². The lowest BCUT2D eigenvalue weighted by Gasteiger charge is -2.11. The summed E-state index contributed by atoms with van der Waals surface area (Å²) in [5.41, 5.74) is 0. The normalized spacial score (nSPS) is 28.7. The number of hydrogen-bond donors (Lipinski definition) is 1. The zero-order valence-electron chi connectivity index (χ0n) is 9.13. The molecule has 2 rings (SSSR count). The van der Waals surface area contributed by atoms with Gasteiger partial charge in [0.25, 0.3) is 0 Å². The summed E-state index contributed by atoms with van der Waals surface area (Å²) >= 11 is 2.24. The molecule has 0 spiro atoms. The Morgan fingerprint density at radius 1 is 1.07 bits per heavy atom. The minimum atomic E-state index is 0.860. The maximum atomic E-state index is 3.58. The quantitative estimate of drug-likeness (QED) is 0.704. The summed E-state index contributed by atoms with van der Waals surface area (Å²) in [6.07, 6.45) is 11.6. The van der Waals surface area contributed by atoms with Crippen LogP contribution in [-0.2, 0) is 0 Å². The Morgan fingerprint density at radius 3 is 2.64 bits per heavy atom. The molecule has 14 heavy (non-hydrogen) atoms. The highest BCUT2D eigenvalue weighted by atomic mass is 32.2. The van der Waals surface area contributed by atoms with Crippen molar-refractivity contribution in [2.24, 2.45) is 0 Å². The molecule has 2 aliphatic rings. The summed E-state index contributed by atoms with van der Waals surface area (Å²) < 4.78 is 0. The smallest absolute Gasteiger partial charge is 0.00678 e. The molecule has 1 aliphatic heterocycles. The maximum absolute atomic E-state index is 3.58. The number of thioether (sulfide) groups is 1. The van der Waals surface area contributed by atoms with E-state index >= 15 is 0 Å². The lowest BCUT2D eigenvalue weighted by molar-refractivity contribution is 0.553. The fourth-order valence-corrected chi connectivity index (χ4v) is 3.97. The minimum Gasteiger partial charge on any atom is -0.314 e. The van der Waals surface area contributed by atoms with Gasteiger partial charge in [0.2, 0.25) is 0 Å².